The Morgan fingerprint density at radius 1 is 1.07 bits per heavy atom. The standard InChI is InChI=1S/C31H40N2O8S2/c1-7-8-15-41-31(36)32-43(37,38)30-25(18-24(42-30)17-20(2)3)23-13-11-22(12-14-23)19-33(27(21(4)5)29(35)39-6)28(34)26-10-9-16-40-26/h9-14,16,18,20-21,27H,7-8,15,17,19H2,1-6H3,(H,32,36). The number of unbranched alkanes of at least 4 members (excludes halogenated alkanes) is 1. The van der Waals surface area contributed by atoms with Crippen LogP contribution >= 0.6 is 11.3 Å². The van der Waals surface area contributed by atoms with Crippen LogP contribution in [-0.4, -0.2) is 51.0 Å². The molecule has 0 saturated heterocycles. The van der Waals surface area contributed by atoms with Gasteiger partial charge in [0.1, 0.15) is 10.3 Å². The number of rotatable bonds is 14. The number of sulfonamides is 1. The maximum absolute atomic E-state index is 13.4. The van der Waals surface area contributed by atoms with Crippen molar-refractivity contribution >= 4 is 39.3 Å². The van der Waals surface area contributed by atoms with E-state index in [4.69, 9.17) is 13.9 Å². The Kier molecular flexibility index (Phi) is 12.0. The number of nitrogens with one attached hydrogen (secondary N) is 1. The third-order valence-corrected chi connectivity index (χ3v) is 9.58. The highest BCUT2D eigenvalue weighted by atomic mass is 32.2. The second kappa shape index (κ2) is 15.2. The normalized spacial score (nSPS) is 12.3. The number of hydrogen-bond donors (Lipinski definition) is 1. The molecule has 0 aliphatic carbocycles. The average Bonchev–Trinajstić information content (AvgIpc) is 3.63. The molecule has 2 amide bonds. The van der Waals surface area contributed by atoms with Gasteiger partial charge in [0.05, 0.1) is 20.0 Å². The number of ether oxygens (including phenoxy) is 2. The Morgan fingerprint density at radius 3 is 2.33 bits per heavy atom. The van der Waals surface area contributed by atoms with Gasteiger partial charge in [-0.05, 0) is 54.0 Å². The molecule has 3 aromatic rings. The predicted molar refractivity (Wildman–Crippen MR) is 164 cm³/mol. The zero-order valence-electron chi connectivity index (χ0n) is 25.4. The van der Waals surface area contributed by atoms with E-state index in [9.17, 15) is 22.8 Å². The molecule has 1 atom stereocenters. The summed E-state index contributed by atoms with van der Waals surface area (Å²) in [6, 6.07) is 11.2. The molecule has 2 heterocycles. The number of amides is 2. The molecule has 1 aromatic carbocycles. The molecule has 0 aliphatic heterocycles. The van der Waals surface area contributed by atoms with E-state index < -0.39 is 34.0 Å². The lowest BCUT2D eigenvalue weighted by Crippen LogP contribution is -2.48. The monoisotopic (exact) mass is 632 g/mol. The fourth-order valence-corrected chi connectivity index (χ4v) is 7.37. The second-order valence-corrected chi connectivity index (χ2v) is 13.9. The van der Waals surface area contributed by atoms with Crippen LogP contribution in [0.25, 0.3) is 11.1 Å². The Balaban J connectivity index is 1.95. The number of methoxy groups -OCH3 is 1. The first-order chi connectivity index (χ1) is 20.4. The quantitative estimate of drug-likeness (QED) is 0.163. The van der Waals surface area contributed by atoms with Gasteiger partial charge in [0.25, 0.3) is 15.9 Å². The summed E-state index contributed by atoms with van der Waals surface area (Å²) in [6.45, 7) is 9.88. The Morgan fingerprint density at radius 2 is 1.77 bits per heavy atom. The van der Waals surface area contributed by atoms with Gasteiger partial charge < -0.3 is 18.8 Å². The highest BCUT2D eigenvalue weighted by Crippen LogP contribution is 2.36. The van der Waals surface area contributed by atoms with Crippen LogP contribution in [0.1, 0.15) is 68.5 Å². The number of esters is 1. The van der Waals surface area contributed by atoms with Gasteiger partial charge in [-0.2, -0.15) is 0 Å². The van der Waals surface area contributed by atoms with E-state index in [0.717, 1.165) is 22.6 Å². The first-order valence-electron chi connectivity index (χ1n) is 14.2. The van der Waals surface area contributed by atoms with Crippen molar-refractivity contribution in [3.8, 4) is 11.1 Å². The largest absolute Gasteiger partial charge is 0.467 e. The molecule has 1 unspecified atom stereocenters. The minimum Gasteiger partial charge on any atom is -0.467 e. The third kappa shape index (κ3) is 8.93. The number of hydrogen-bond acceptors (Lipinski definition) is 9. The van der Waals surface area contributed by atoms with Gasteiger partial charge in [0.2, 0.25) is 0 Å². The molecule has 0 spiro atoms. The lowest BCUT2D eigenvalue weighted by atomic mass is 10.00. The van der Waals surface area contributed by atoms with E-state index in [2.05, 4.69) is 0 Å². The number of carbonyl (C=O) groups is 3. The molecule has 0 radical (unpaired) electrons. The number of thiophene rings is 1. The highest BCUT2D eigenvalue weighted by Gasteiger charge is 2.35. The lowest BCUT2D eigenvalue weighted by Gasteiger charge is -2.32. The first-order valence-corrected chi connectivity index (χ1v) is 16.5. The van der Waals surface area contributed by atoms with Crippen LogP contribution in [0, 0.1) is 11.8 Å². The molecule has 43 heavy (non-hydrogen) atoms. The molecule has 3 rings (SSSR count). The van der Waals surface area contributed by atoms with E-state index in [0.29, 0.717) is 29.5 Å². The van der Waals surface area contributed by atoms with Crippen LogP contribution in [0.4, 0.5) is 4.79 Å². The van der Waals surface area contributed by atoms with Gasteiger partial charge in [-0.15, -0.1) is 11.3 Å². The van der Waals surface area contributed by atoms with Crippen molar-refractivity contribution in [1.82, 2.24) is 9.62 Å². The minimum absolute atomic E-state index is 0.0172. The van der Waals surface area contributed by atoms with E-state index >= 15 is 0 Å². The van der Waals surface area contributed by atoms with Gasteiger partial charge >= 0.3 is 12.1 Å². The molecular weight excluding hydrogens is 592 g/mol. The van der Waals surface area contributed by atoms with Crippen LogP contribution in [0.5, 0.6) is 0 Å². The van der Waals surface area contributed by atoms with Crippen molar-refractivity contribution < 1.29 is 36.7 Å². The first kappa shape index (κ1) is 33.9. The topological polar surface area (TPSA) is 132 Å². The van der Waals surface area contributed by atoms with Gasteiger partial charge in [-0.3, -0.25) is 4.79 Å². The number of benzene rings is 1. The average molecular weight is 633 g/mol. The summed E-state index contributed by atoms with van der Waals surface area (Å²) < 4.78 is 44.0. The summed E-state index contributed by atoms with van der Waals surface area (Å²) in [5, 5.41) is 0. The maximum Gasteiger partial charge on any atom is 0.421 e. The molecule has 0 fully saturated rings. The molecule has 0 aliphatic rings. The Hall–Kier alpha value is -3.64. The fraction of sp³-hybridized carbons (Fsp3) is 0.452. The van der Waals surface area contributed by atoms with Crippen molar-refractivity contribution in [1.29, 1.82) is 0 Å². The molecule has 0 saturated carbocycles. The number of nitrogens with zero attached hydrogens (tertiary/aromatic N) is 1. The SMILES string of the molecule is CCCCOC(=O)NS(=O)(=O)c1sc(CC(C)C)cc1-c1ccc(CN(C(=O)c2ccco2)C(C(=O)OC)C(C)C)cc1. The van der Waals surface area contributed by atoms with E-state index in [-0.39, 0.29) is 35.0 Å². The second-order valence-electron chi connectivity index (χ2n) is 10.9. The molecule has 1 N–H and O–H groups in total. The minimum atomic E-state index is -4.21. The number of furan rings is 1. The smallest absolute Gasteiger partial charge is 0.421 e. The van der Waals surface area contributed by atoms with E-state index in [1.165, 1.54) is 24.3 Å². The van der Waals surface area contributed by atoms with Crippen LogP contribution < -0.4 is 4.72 Å². The van der Waals surface area contributed by atoms with Crippen molar-refractivity contribution in [2.75, 3.05) is 13.7 Å². The molecule has 0 bridgehead atoms. The summed E-state index contributed by atoms with van der Waals surface area (Å²) in [7, 11) is -2.93. The van der Waals surface area contributed by atoms with Crippen LogP contribution in [0.3, 0.4) is 0 Å². The molecule has 234 valence electrons. The van der Waals surface area contributed by atoms with Crippen molar-refractivity contribution in [3.63, 3.8) is 0 Å². The number of carbonyl (C=O) groups excluding carboxylic acids is 3. The van der Waals surface area contributed by atoms with E-state index in [1.54, 1.807) is 30.3 Å². The van der Waals surface area contributed by atoms with Crippen molar-refractivity contribution in [2.24, 2.45) is 11.8 Å². The van der Waals surface area contributed by atoms with Crippen LogP contribution in [0.15, 0.2) is 57.4 Å². The van der Waals surface area contributed by atoms with Gasteiger partial charge in [0.15, 0.2) is 5.76 Å². The maximum atomic E-state index is 13.4. The van der Waals surface area contributed by atoms with Gasteiger partial charge in [0, 0.05) is 17.0 Å². The Bertz CT molecular complexity index is 1480. The third-order valence-electron chi connectivity index (χ3n) is 6.57. The fourth-order valence-electron chi connectivity index (χ4n) is 4.53. The summed E-state index contributed by atoms with van der Waals surface area (Å²) in [5.74, 6) is -0.863. The Labute approximate surface area is 257 Å². The van der Waals surface area contributed by atoms with Gasteiger partial charge in [-0.25, -0.2) is 22.7 Å². The predicted octanol–water partition coefficient (Wildman–Crippen LogP) is 6.26. The highest BCUT2D eigenvalue weighted by molar-refractivity contribution is 7.92. The molecule has 2 aromatic heterocycles. The van der Waals surface area contributed by atoms with Crippen molar-refractivity contribution in [2.45, 2.75) is 70.7 Å². The summed E-state index contributed by atoms with van der Waals surface area (Å²) >= 11 is 1.12. The zero-order chi connectivity index (χ0) is 31.7. The van der Waals surface area contributed by atoms with Crippen LogP contribution in [0.2, 0.25) is 0 Å². The van der Waals surface area contributed by atoms with Crippen molar-refractivity contribution in [3.05, 3.63) is 64.9 Å². The van der Waals surface area contributed by atoms with Crippen LogP contribution in [-0.2, 0) is 37.3 Å². The summed E-state index contributed by atoms with van der Waals surface area (Å²) in [6.07, 6.45) is 2.48. The van der Waals surface area contributed by atoms with E-state index in [1.807, 2.05) is 45.4 Å². The summed E-state index contributed by atoms with van der Waals surface area (Å²) in [5.41, 5.74) is 1.78. The lowest BCUT2D eigenvalue weighted by molar-refractivity contribution is -0.148. The zero-order valence-corrected chi connectivity index (χ0v) is 27.0. The molecule has 10 nitrogen and oxygen atoms in total. The van der Waals surface area contributed by atoms with Gasteiger partial charge in [-0.1, -0.05) is 65.3 Å². The molecule has 12 heteroatoms. The molecular formula is C31H40N2O8S2. The summed E-state index contributed by atoms with van der Waals surface area (Å²) in [4.78, 5) is 40.6.